The minimum absolute atomic E-state index is 0.437. The highest BCUT2D eigenvalue weighted by atomic mass is 35.5. The zero-order chi connectivity index (χ0) is 21.1. The molecule has 1 amide bonds. The van der Waals surface area contributed by atoms with Gasteiger partial charge >= 0.3 is 0 Å². The van der Waals surface area contributed by atoms with Gasteiger partial charge in [0.25, 0.3) is 5.91 Å². The standard InChI is InChI=1S/C23H21ClN4OS/c1-15-19(22(25)29)13-21(28(15)11-10-16-6-5-7-17(24)12-16)20-14-30-23(27-20)26-18-8-3-2-4-9-18/h2-9,12-14H,10-11H2,1H3,(H2,25,29)(H,26,27). The van der Waals surface area contributed by atoms with Crippen LogP contribution in [0.15, 0.2) is 66.0 Å². The van der Waals surface area contributed by atoms with Gasteiger partial charge in [-0.15, -0.1) is 11.3 Å². The SMILES string of the molecule is Cc1c(C(N)=O)cc(-c2csc(Nc3ccccc3)n2)n1CCc1cccc(Cl)c1. The molecule has 0 radical (unpaired) electrons. The van der Waals surface area contributed by atoms with E-state index in [-0.39, 0.29) is 0 Å². The molecule has 4 rings (SSSR count). The Balaban J connectivity index is 1.64. The Labute approximate surface area is 184 Å². The Hall–Kier alpha value is -3.09. The van der Waals surface area contributed by atoms with Gasteiger partial charge in [0.15, 0.2) is 5.13 Å². The molecule has 2 heterocycles. The van der Waals surface area contributed by atoms with Crippen LogP contribution in [-0.2, 0) is 13.0 Å². The molecule has 0 atom stereocenters. The van der Waals surface area contributed by atoms with Crippen LogP contribution in [0.25, 0.3) is 11.4 Å². The molecule has 4 aromatic rings. The lowest BCUT2D eigenvalue weighted by Crippen LogP contribution is -2.13. The summed E-state index contributed by atoms with van der Waals surface area (Å²) >= 11 is 7.64. The van der Waals surface area contributed by atoms with Crippen LogP contribution in [0.1, 0.15) is 21.6 Å². The number of anilines is 2. The summed E-state index contributed by atoms with van der Waals surface area (Å²) in [5.41, 5.74) is 10.8. The third kappa shape index (κ3) is 4.40. The number of carbonyl (C=O) groups is 1. The van der Waals surface area contributed by atoms with Crippen LogP contribution in [0.3, 0.4) is 0 Å². The summed E-state index contributed by atoms with van der Waals surface area (Å²) in [5.74, 6) is -0.437. The van der Waals surface area contributed by atoms with Gasteiger partial charge in [0.2, 0.25) is 0 Å². The van der Waals surface area contributed by atoms with Crippen LogP contribution in [0.4, 0.5) is 10.8 Å². The summed E-state index contributed by atoms with van der Waals surface area (Å²) in [4.78, 5) is 16.7. The van der Waals surface area contributed by atoms with E-state index in [0.717, 1.165) is 39.9 Å². The van der Waals surface area contributed by atoms with Gasteiger partial charge < -0.3 is 15.6 Å². The molecule has 3 N–H and O–H groups in total. The molecule has 0 aliphatic carbocycles. The van der Waals surface area contributed by atoms with Crippen molar-refractivity contribution in [2.75, 3.05) is 5.32 Å². The Morgan fingerprint density at radius 2 is 1.97 bits per heavy atom. The fourth-order valence-corrected chi connectivity index (χ4v) is 4.36. The van der Waals surface area contributed by atoms with Gasteiger partial charge in [0, 0.05) is 28.3 Å². The Kier molecular flexibility index (Phi) is 5.88. The third-order valence-electron chi connectivity index (χ3n) is 4.94. The number of rotatable bonds is 7. The van der Waals surface area contributed by atoms with Crippen molar-refractivity contribution in [3.63, 3.8) is 0 Å². The maximum Gasteiger partial charge on any atom is 0.250 e. The highest BCUT2D eigenvalue weighted by Gasteiger charge is 2.18. The molecule has 0 bridgehead atoms. The second kappa shape index (κ2) is 8.73. The molecular formula is C23H21ClN4OS. The number of thiazole rings is 1. The number of nitrogens with two attached hydrogens (primary N) is 1. The van der Waals surface area contributed by atoms with E-state index in [0.29, 0.717) is 17.1 Å². The van der Waals surface area contributed by atoms with Gasteiger partial charge in [-0.3, -0.25) is 4.79 Å². The molecule has 0 saturated heterocycles. The van der Waals surface area contributed by atoms with Crippen molar-refractivity contribution < 1.29 is 4.79 Å². The summed E-state index contributed by atoms with van der Waals surface area (Å²) in [7, 11) is 0. The van der Waals surface area contributed by atoms with Gasteiger partial charge in [-0.25, -0.2) is 4.98 Å². The molecule has 7 heteroatoms. The van der Waals surface area contributed by atoms with E-state index in [4.69, 9.17) is 22.3 Å². The van der Waals surface area contributed by atoms with Crippen molar-refractivity contribution in [1.82, 2.24) is 9.55 Å². The van der Waals surface area contributed by atoms with Crippen molar-refractivity contribution in [2.45, 2.75) is 19.9 Å². The highest BCUT2D eigenvalue weighted by Crippen LogP contribution is 2.30. The lowest BCUT2D eigenvalue weighted by Gasteiger charge is -2.11. The molecule has 0 spiro atoms. The van der Waals surface area contributed by atoms with Gasteiger partial charge in [-0.1, -0.05) is 41.9 Å². The second-order valence-corrected chi connectivity index (χ2v) is 8.25. The molecule has 152 valence electrons. The minimum atomic E-state index is -0.437. The first-order valence-corrected chi connectivity index (χ1v) is 10.8. The summed E-state index contributed by atoms with van der Waals surface area (Å²) in [6.45, 7) is 2.60. The van der Waals surface area contributed by atoms with Crippen LogP contribution in [0, 0.1) is 6.92 Å². The van der Waals surface area contributed by atoms with E-state index in [1.54, 1.807) is 0 Å². The van der Waals surface area contributed by atoms with Crippen LogP contribution in [0.5, 0.6) is 0 Å². The first-order chi connectivity index (χ1) is 14.5. The number of nitrogens with zero attached hydrogens (tertiary/aromatic N) is 2. The largest absolute Gasteiger partial charge is 0.366 e. The minimum Gasteiger partial charge on any atom is -0.366 e. The quantitative estimate of drug-likeness (QED) is 0.392. The van der Waals surface area contributed by atoms with E-state index in [9.17, 15) is 4.79 Å². The maximum absolute atomic E-state index is 11.9. The first kappa shape index (κ1) is 20.2. The normalized spacial score (nSPS) is 10.9. The molecule has 2 aromatic heterocycles. The second-order valence-electron chi connectivity index (χ2n) is 6.95. The predicted octanol–water partition coefficient (Wildman–Crippen LogP) is 5.66. The van der Waals surface area contributed by atoms with Crippen LogP contribution in [-0.4, -0.2) is 15.5 Å². The van der Waals surface area contributed by atoms with Crippen molar-refractivity contribution >= 4 is 39.7 Å². The van der Waals surface area contributed by atoms with E-state index < -0.39 is 5.91 Å². The van der Waals surface area contributed by atoms with E-state index in [1.165, 1.54) is 11.3 Å². The number of para-hydroxylation sites is 1. The number of amides is 1. The number of aryl methyl sites for hydroxylation is 1. The number of carbonyl (C=O) groups excluding carboxylic acids is 1. The van der Waals surface area contributed by atoms with Crippen molar-refractivity contribution in [1.29, 1.82) is 0 Å². The molecule has 2 aromatic carbocycles. The monoisotopic (exact) mass is 436 g/mol. The number of aromatic nitrogens is 2. The van der Waals surface area contributed by atoms with Gasteiger partial charge in [0.1, 0.15) is 0 Å². The average molecular weight is 437 g/mol. The first-order valence-electron chi connectivity index (χ1n) is 9.53. The lowest BCUT2D eigenvalue weighted by atomic mass is 10.1. The predicted molar refractivity (Wildman–Crippen MR) is 124 cm³/mol. The number of benzene rings is 2. The van der Waals surface area contributed by atoms with Crippen LogP contribution in [0.2, 0.25) is 5.02 Å². The zero-order valence-corrected chi connectivity index (χ0v) is 18.0. The van der Waals surface area contributed by atoms with Gasteiger partial charge in [0.05, 0.1) is 17.0 Å². The third-order valence-corrected chi connectivity index (χ3v) is 5.93. The molecule has 0 aliphatic rings. The summed E-state index contributed by atoms with van der Waals surface area (Å²) < 4.78 is 2.10. The number of halogens is 1. The maximum atomic E-state index is 11.9. The van der Waals surface area contributed by atoms with Crippen molar-refractivity contribution in [3.8, 4) is 11.4 Å². The molecule has 0 unspecified atom stereocenters. The van der Waals surface area contributed by atoms with Gasteiger partial charge in [-0.2, -0.15) is 0 Å². The smallest absolute Gasteiger partial charge is 0.250 e. The van der Waals surface area contributed by atoms with E-state index in [1.807, 2.05) is 73.0 Å². The zero-order valence-electron chi connectivity index (χ0n) is 16.4. The molecule has 0 aliphatic heterocycles. The highest BCUT2D eigenvalue weighted by molar-refractivity contribution is 7.14. The average Bonchev–Trinajstić information content (AvgIpc) is 3.31. The fourth-order valence-electron chi connectivity index (χ4n) is 3.42. The van der Waals surface area contributed by atoms with Crippen LogP contribution < -0.4 is 11.1 Å². The van der Waals surface area contributed by atoms with Crippen LogP contribution >= 0.6 is 22.9 Å². The number of primary amides is 1. The Bertz CT molecular complexity index is 1180. The summed E-state index contributed by atoms with van der Waals surface area (Å²) in [5, 5.41) is 6.80. The fraction of sp³-hybridized carbons (Fsp3) is 0.130. The summed E-state index contributed by atoms with van der Waals surface area (Å²) in [6, 6.07) is 19.5. The molecular weight excluding hydrogens is 416 g/mol. The number of hydrogen-bond acceptors (Lipinski definition) is 4. The number of nitrogens with one attached hydrogen (secondary N) is 1. The van der Waals surface area contributed by atoms with E-state index >= 15 is 0 Å². The van der Waals surface area contributed by atoms with E-state index in [2.05, 4.69) is 9.88 Å². The molecule has 30 heavy (non-hydrogen) atoms. The van der Waals surface area contributed by atoms with Gasteiger partial charge in [-0.05, 0) is 49.2 Å². The Morgan fingerprint density at radius 3 is 2.70 bits per heavy atom. The molecule has 0 saturated carbocycles. The molecule has 5 nitrogen and oxygen atoms in total. The summed E-state index contributed by atoms with van der Waals surface area (Å²) in [6.07, 6.45) is 0.778. The van der Waals surface area contributed by atoms with Crippen molar-refractivity contribution in [2.24, 2.45) is 5.73 Å². The number of hydrogen-bond donors (Lipinski definition) is 2. The van der Waals surface area contributed by atoms with Crippen molar-refractivity contribution in [3.05, 3.63) is 87.9 Å². The lowest BCUT2D eigenvalue weighted by molar-refractivity contribution is 0.0999. The molecule has 0 fully saturated rings. The topological polar surface area (TPSA) is 72.9 Å². The Morgan fingerprint density at radius 1 is 1.17 bits per heavy atom.